The molecule has 0 saturated heterocycles. The Bertz CT molecular complexity index is 433. The van der Waals surface area contributed by atoms with Crippen molar-refractivity contribution < 1.29 is 0 Å². The molecule has 1 rings (SSSR count). The summed E-state index contributed by atoms with van der Waals surface area (Å²) < 4.78 is 0. The van der Waals surface area contributed by atoms with E-state index in [-0.39, 0.29) is 24.0 Å². The van der Waals surface area contributed by atoms with Crippen LogP contribution in [0.25, 0.3) is 0 Å². The summed E-state index contributed by atoms with van der Waals surface area (Å²) in [5.41, 5.74) is 1.15. The first-order chi connectivity index (χ1) is 9.27. The van der Waals surface area contributed by atoms with Gasteiger partial charge in [0.1, 0.15) is 0 Å². The molecule has 0 amide bonds. The molecule has 0 fully saturated rings. The van der Waals surface area contributed by atoms with Gasteiger partial charge < -0.3 is 10.6 Å². The Morgan fingerprint density at radius 3 is 2.60 bits per heavy atom. The summed E-state index contributed by atoms with van der Waals surface area (Å²) in [5.74, 6) is 0.830. The van der Waals surface area contributed by atoms with Gasteiger partial charge in [0.2, 0.25) is 0 Å². The van der Waals surface area contributed by atoms with Crippen LogP contribution >= 0.6 is 35.6 Å². The zero-order valence-electron chi connectivity index (χ0n) is 12.0. The molecule has 0 unspecified atom stereocenters. The summed E-state index contributed by atoms with van der Waals surface area (Å²) in [6, 6.07) is 7.92. The van der Waals surface area contributed by atoms with Gasteiger partial charge in [-0.1, -0.05) is 42.0 Å². The number of hydrogen-bond donors (Lipinski definition) is 2. The molecule has 2 N–H and O–H groups in total. The third-order valence-corrected chi connectivity index (χ3v) is 3.08. The quantitative estimate of drug-likeness (QED) is 0.248. The highest BCUT2D eigenvalue weighted by molar-refractivity contribution is 14.0. The van der Waals surface area contributed by atoms with Crippen LogP contribution in [0.5, 0.6) is 0 Å². The lowest BCUT2D eigenvalue weighted by atomic mass is 10.1. The van der Waals surface area contributed by atoms with Gasteiger partial charge in [-0.15, -0.1) is 24.0 Å². The van der Waals surface area contributed by atoms with E-state index in [9.17, 15) is 0 Å². The van der Waals surface area contributed by atoms with Crippen LogP contribution in [0.3, 0.4) is 0 Å². The smallest absolute Gasteiger partial charge is 0.190 e. The highest BCUT2D eigenvalue weighted by Crippen LogP contribution is 2.14. The van der Waals surface area contributed by atoms with Gasteiger partial charge in [-0.3, -0.25) is 4.99 Å². The van der Waals surface area contributed by atoms with E-state index in [0.717, 1.165) is 42.5 Å². The van der Waals surface area contributed by atoms with E-state index in [2.05, 4.69) is 27.8 Å². The maximum atomic E-state index is 6.11. The van der Waals surface area contributed by atoms with E-state index in [1.807, 2.05) is 31.2 Å². The number of nitrogens with zero attached hydrogens (tertiary/aromatic N) is 1. The molecule has 0 radical (unpaired) electrons. The van der Waals surface area contributed by atoms with Gasteiger partial charge >= 0.3 is 0 Å². The second kappa shape index (κ2) is 12.0. The first kappa shape index (κ1) is 19.2. The fraction of sp³-hybridized carbons (Fsp3) is 0.400. The number of hydrogen-bond acceptors (Lipinski definition) is 1. The van der Waals surface area contributed by atoms with E-state index in [0.29, 0.717) is 0 Å². The fourth-order valence-electron chi connectivity index (χ4n) is 1.68. The first-order valence-corrected chi connectivity index (χ1v) is 6.94. The SMILES string of the molecule is C/C=C/CCNC(=NC)NCCc1ccccc1Cl.I. The van der Waals surface area contributed by atoms with Crippen molar-refractivity contribution in [2.75, 3.05) is 20.1 Å². The zero-order chi connectivity index (χ0) is 13.9. The normalized spacial score (nSPS) is 11.2. The van der Waals surface area contributed by atoms with Crippen molar-refractivity contribution in [3.63, 3.8) is 0 Å². The lowest BCUT2D eigenvalue weighted by Crippen LogP contribution is -2.38. The maximum absolute atomic E-state index is 6.11. The fourth-order valence-corrected chi connectivity index (χ4v) is 1.91. The Morgan fingerprint density at radius 1 is 1.25 bits per heavy atom. The van der Waals surface area contributed by atoms with Gasteiger partial charge in [-0.05, 0) is 31.4 Å². The van der Waals surface area contributed by atoms with Crippen LogP contribution in [0.2, 0.25) is 5.02 Å². The topological polar surface area (TPSA) is 36.4 Å². The molecule has 20 heavy (non-hydrogen) atoms. The summed E-state index contributed by atoms with van der Waals surface area (Å²) in [5, 5.41) is 7.36. The van der Waals surface area contributed by atoms with E-state index in [1.54, 1.807) is 7.05 Å². The summed E-state index contributed by atoms with van der Waals surface area (Å²) >= 11 is 6.11. The molecule has 0 spiro atoms. The van der Waals surface area contributed by atoms with Crippen LogP contribution in [0, 0.1) is 0 Å². The molecule has 1 aromatic rings. The average molecular weight is 408 g/mol. The van der Waals surface area contributed by atoms with Crippen molar-refractivity contribution in [2.24, 2.45) is 4.99 Å². The van der Waals surface area contributed by atoms with Crippen LogP contribution in [0.4, 0.5) is 0 Å². The molecule has 0 heterocycles. The first-order valence-electron chi connectivity index (χ1n) is 6.57. The highest BCUT2D eigenvalue weighted by Gasteiger charge is 2.00. The van der Waals surface area contributed by atoms with Crippen molar-refractivity contribution in [2.45, 2.75) is 19.8 Å². The van der Waals surface area contributed by atoms with Gasteiger partial charge in [-0.2, -0.15) is 0 Å². The minimum absolute atomic E-state index is 0. The number of rotatable bonds is 6. The van der Waals surface area contributed by atoms with Gasteiger partial charge in [0.25, 0.3) is 0 Å². The molecule has 0 atom stereocenters. The van der Waals surface area contributed by atoms with Crippen molar-refractivity contribution >= 4 is 41.5 Å². The highest BCUT2D eigenvalue weighted by atomic mass is 127. The predicted octanol–water partition coefficient (Wildman–Crippen LogP) is 3.63. The Labute approximate surface area is 143 Å². The molecular formula is C15H23ClIN3. The number of aliphatic imine (C=N–C) groups is 1. The Kier molecular flexibility index (Phi) is 11.6. The van der Waals surface area contributed by atoms with Crippen molar-refractivity contribution in [3.05, 3.63) is 47.0 Å². The van der Waals surface area contributed by atoms with Gasteiger partial charge in [0.15, 0.2) is 5.96 Å². The summed E-state index contributed by atoms with van der Waals surface area (Å²) in [6.07, 6.45) is 6.07. The average Bonchev–Trinajstić information content (AvgIpc) is 2.43. The number of guanidine groups is 1. The van der Waals surface area contributed by atoms with Crippen LogP contribution in [-0.4, -0.2) is 26.1 Å². The maximum Gasteiger partial charge on any atom is 0.190 e. The van der Waals surface area contributed by atoms with Crippen LogP contribution in [-0.2, 0) is 6.42 Å². The van der Waals surface area contributed by atoms with Gasteiger partial charge in [-0.25, -0.2) is 0 Å². The Balaban J connectivity index is 0.00000361. The second-order valence-corrected chi connectivity index (χ2v) is 4.53. The lowest BCUT2D eigenvalue weighted by molar-refractivity contribution is 0.791. The van der Waals surface area contributed by atoms with Crippen molar-refractivity contribution in [1.29, 1.82) is 0 Å². The minimum atomic E-state index is 0. The zero-order valence-corrected chi connectivity index (χ0v) is 15.1. The largest absolute Gasteiger partial charge is 0.356 e. The summed E-state index contributed by atoms with van der Waals surface area (Å²) in [7, 11) is 1.78. The van der Waals surface area contributed by atoms with Gasteiger partial charge in [0.05, 0.1) is 0 Å². The van der Waals surface area contributed by atoms with Gasteiger partial charge in [0, 0.05) is 25.2 Å². The summed E-state index contributed by atoms with van der Waals surface area (Å²) in [6.45, 7) is 3.72. The van der Waals surface area contributed by atoms with E-state index in [4.69, 9.17) is 11.6 Å². The molecule has 112 valence electrons. The molecule has 0 aliphatic carbocycles. The molecule has 0 aliphatic rings. The standard InChI is InChI=1S/C15H22ClN3.HI/c1-3-4-7-11-18-15(17-2)19-12-10-13-8-5-6-9-14(13)16;/h3-6,8-9H,7,10-12H2,1-2H3,(H2,17,18,19);1H/b4-3+;. The predicted molar refractivity (Wildman–Crippen MR) is 99.4 cm³/mol. The monoisotopic (exact) mass is 407 g/mol. The second-order valence-electron chi connectivity index (χ2n) is 4.12. The van der Waals surface area contributed by atoms with E-state index < -0.39 is 0 Å². The van der Waals surface area contributed by atoms with E-state index >= 15 is 0 Å². The molecule has 0 aliphatic heterocycles. The number of benzene rings is 1. The Hall–Kier alpha value is -0.750. The minimum Gasteiger partial charge on any atom is -0.356 e. The molecule has 0 saturated carbocycles. The summed E-state index contributed by atoms with van der Waals surface area (Å²) in [4.78, 5) is 4.18. The van der Waals surface area contributed by atoms with Crippen molar-refractivity contribution in [3.8, 4) is 0 Å². The molecule has 0 aromatic heterocycles. The third-order valence-electron chi connectivity index (χ3n) is 2.71. The third kappa shape index (κ3) is 7.75. The lowest BCUT2D eigenvalue weighted by Gasteiger charge is -2.11. The number of allylic oxidation sites excluding steroid dienone is 1. The van der Waals surface area contributed by atoms with Crippen LogP contribution in [0.15, 0.2) is 41.4 Å². The molecule has 5 heteroatoms. The van der Waals surface area contributed by atoms with Crippen LogP contribution in [0.1, 0.15) is 18.9 Å². The number of nitrogens with one attached hydrogen (secondary N) is 2. The molecule has 1 aromatic carbocycles. The van der Waals surface area contributed by atoms with Crippen molar-refractivity contribution in [1.82, 2.24) is 10.6 Å². The van der Waals surface area contributed by atoms with Crippen LogP contribution < -0.4 is 10.6 Å². The van der Waals surface area contributed by atoms with E-state index in [1.165, 1.54) is 0 Å². The molecule has 0 bridgehead atoms. The Morgan fingerprint density at radius 2 is 1.95 bits per heavy atom. The molecule has 3 nitrogen and oxygen atoms in total. The number of halogens is 2. The molecular weight excluding hydrogens is 385 g/mol.